The molecule has 2 heterocycles. The van der Waals surface area contributed by atoms with E-state index in [9.17, 15) is 0 Å². The Morgan fingerprint density at radius 1 is 0.250 bits per heavy atom. The third-order valence-corrected chi connectivity index (χ3v) is 10.5. The Morgan fingerprint density at radius 2 is 0.519 bits per heavy atom. The number of para-hydroxylation sites is 4. The van der Waals surface area contributed by atoms with Gasteiger partial charge in [0.15, 0.2) is 0 Å². The van der Waals surface area contributed by atoms with Crippen LogP contribution in [-0.2, 0) is 0 Å². The first-order valence-electron chi connectivity index (χ1n) is 17.6. The van der Waals surface area contributed by atoms with Gasteiger partial charge in [-0.2, -0.15) is 0 Å². The Labute approximate surface area is 301 Å². The van der Waals surface area contributed by atoms with Crippen molar-refractivity contribution in [2.45, 2.75) is 0 Å². The maximum Gasteiger partial charge on any atom is 0.633 e. The van der Waals surface area contributed by atoms with Gasteiger partial charge in [0.05, 0.1) is 0 Å². The molecule has 0 amide bonds. The van der Waals surface area contributed by atoms with E-state index >= 15 is 0 Å². The summed E-state index contributed by atoms with van der Waals surface area (Å²) in [6.45, 7) is 0. The van der Waals surface area contributed by atoms with Crippen LogP contribution >= 0.6 is 0 Å². The number of rotatable bonds is 4. The number of hydrogen-bond acceptors (Lipinski definition) is 4. The van der Waals surface area contributed by atoms with Crippen LogP contribution in [0.25, 0.3) is 65.3 Å². The molecule has 4 nitrogen and oxygen atoms in total. The topological polar surface area (TPSA) is 36.9 Å². The van der Waals surface area contributed by atoms with Gasteiger partial charge in [0.2, 0.25) is 0 Å². The van der Waals surface area contributed by atoms with Crippen LogP contribution in [0.5, 0.6) is 23.0 Å². The highest BCUT2D eigenvalue weighted by Gasteiger charge is 2.37. The summed E-state index contributed by atoms with van der Waals surface area (Å²) in [5.74, 6) is 3.06. The molecule has 0 saturated heterocycles. The van der Waals surface area contributed by atoms with Crippen LogP contribution in [0, 0.1) is 0 Å². The van der Waals surface area contributed by atoms with E-state index in [2.05, 4.69) is 121 Å². The first-order valence-corrected chi connectivity index (χ1v) is 17.6. The lowest BCUT2D eigenvalue weighted by molar-refractivity contribution is 0.518. The first-order chi connectivity index (χ1) is 25.8. The van der Waals surface area contributed by atoms with E-state index in [1.807, 2.05) is 48.5 Å². The highest BCUT2D eigenvalue weighted by molar-refractivity contribution is 6.67. The molecule has 9 aromatic carbocycles. The SMILES string of the molecule is c1ccc2c(c1)OB(c1ccc(-c3c4ccccc4c(-c4ccc(B5Oc6ccccc6O5)c5ccccc45)c4ccccc34)c3ccccc13)O2. The normalized spacial score (nSPS) is 13.2. The molecule has 0 atom stereocenters. The minimum Gasteiger partial charge on any atom is -0.519 e. The highest BCUT2D eigenvalue weighted by atomic mass is 16.6. The molecule has 6 heteroatoms. The number of fused-ring (bicyclic) bond motifs is 6. The molecule has 2 aliphatic rings. The van der Waals surface area contributed by atoms with Crippen molar-refractivity contribution in [2.75, 3.05) is 0 Å². The van der Waals surface area contributed by atoms with Crippen molar-refractivity contribution in [1.29, 1.82) is 0 Å². The average molecular weight is 666 g/mol. The van der Waals surface area contributed by atoms with E-state index in [0.29, 0.717) is 0 Å². The molecule has 52 heavy (non-hydrogen) atoms. The number of benzene rings is 9. The second-order valence-corrected chi connectivity index (χ2v) is 13.4. The van der Waals surface area contributed by atoms with Crippen molar-refractivity contribution in [3.63, 3.8) is 0 Å². The summed E-state index contributed by atoms with van der Waals surface area (Å²) in [6, 6.07) is 59.3. The third kappa shape index (κ3) is 4.37. The van der Waals surface area contributed by atoms with Crippen LogP contribution in [-0.4, -0.2) is 14.2 Å². The standard InChI is InChI=1S/C46H28B2O4/c1-3-15-31-29(13-1)37(25-27-39(31)47-49-41-21-9-10-22-42(41)50-47)45-33-17-5-7-19-35(33)46(36-20-8-6-18-34(36)45)38-26-28-40(32-16-4-2-14-30(32)38)48-51-43-23-11-12-24-44(43)52-48/h1-28H. The Kier molecular flexibility index (Phi) is 6.41. The molecule has 242 valence electrons. The zero-order chi connectivity index (χ0) is 34.2. The first kappa shape index (κ1) is 29.1. The molecule has 0 spiro atoms. The maximum absolute atomic E-state index is 6.31. The van der Waals surface area contributed by atoms with Gasteiger partial charge in [0.25, 0.3) is 0 Å². The van der Waals surface area contributed by atoms with Crippen molar-refractivity contribution in [3.8, 4) is 45.3 Å². The van der Waals surface area contributed by atoms with Crippen LogP contribution in [0.2, 0.25) is 0 Å². The van der Waals surface area contributed by atoms with Gasteiger partial charge in [-0.15, -0.1) is 0 Å². The molecule has 0 N–H and O–H groups in total. The number of hydrogen-bond donors (Lipinski definition) is 0. The maximum atomic E-state index is 6.31. The zero-order valence-electron chi connectivity index (χ0n) is 28.0. The molecule has 0 saturated carbocycles. The second kappa shape index (κ2) is 11.4. The molecule has 0 bridgehead atoms. The molecule has 2 aliphatic heterocycles. The van der Waals surface area contributed by atoms with Crippen LogP contribution in [0.4, 0.5) is 0 Å². The van der Waals surface area contributed by atoms with Crippen LogP contribution in [0.15, 0.2) is 170 Å². The molecule has 11 rings (SSSR count). The van der Waals surface area contributed by atoms with Gasteiger partial charge >= 0.3 is 14.2 Å². The molecule has 0 aromatic heterocycles. The second-order valence-electron chi connectivity index (χ2n) is 13.4. The lowest BCUT2D eigenvalue weighted by atomic mass is 9.74. The summed E-state index contributed by atoms with van der Waals surface area (Å²) in [5, 5.41) is 9.30. The monoisotopic (exact) mass is 666 g/mol. The van der Waals surface area contributed by atoms with Gasteiger partial charge in [0.1, 0.15) is 23.0 Å². The van der Waals surface area contributed by atoms with E-state index in [0.717, 1.165) is 55.5 Å². The van der Waals surface area contributed by atoms with Crippen LogP contribution in [0.3, 0.4) is 0 Å². The van der Waals surface area contributed by atoms with Crippen LogP contribution < -0.4 is 29.5 Å². The Balaban J connectivity index is 1.12. The fourth-order valence-electron chi connectivity index (χ4n) is 8.25. The summed E-state index contributed by atoms with van der Waals surface area (Å²) in [5.41, 5.74) is 6.77. The quantitative estimate of drug-likeness (QED) is 0.139. The van der Waals surface area contributed by atoms with Crippen LogP contribution in [0.1, 0.15) is 0 Å². The zero-order valence-corrected chi connectivity index (χ0v) is 28.0. The van der Waals surface area contributed by atoms with Gasteiger partial charge in [-0.05, 0) is 89.6 Å². The summed E-state index contributed by atoms with van der Waals surface area (Å²) in [7, 11) is -1.03. The Bertz CT molecular complexity index is 2600. The summed E-state index contributed by atoms with van der Waals surface area (Å²) < 4.78 is 25.2. The molecular weight excluding hydrogens is 638 g/mol. The predicted molar refractivity (Wildman–Crippen MR) is 214 cm³/mol. The van der Waals surface area contributed by atoms with E-state index < -0.39 is 14.2 Å². The van der Waals surface area contributed by atoms with E-state index in [1.165, 1.54) is 43.8 Å². The summed E-state index contributed by atoms with van der Waals surface area (Å²) >= 11 is 0. The molecule has 9 aromatic rings. The molecule has 0 aliphatic carbocycles. The van der Waals surface area contributed by atoms with Crippen molar-refractivity contribution in [1.82, 2.24) is 0 Å². The smallest absolute Gasteiger partial charge is 0.519 e. The van der Waals surface area contributed by atoms with Gasteiger partial charge in [-0.1, -0.05) is 146 Å². The van der Waals surface area contributed by atoms with Gasteiger partial charge in [-0.3, -0.25) is 0 Å². The fraction of sp³-hybridized carbons (Fsp3) is 0. The third-order valence-electron chi connectivity index (χ3n) is 10.5. The Hall–Kier alpha value is -6.65. The average Bonchev–Trinajstić information content (AvgIpc) is 3.84. The van der Waals surface area contributed by atoms with Gasteiger partial charge < -0.3 is 18.6 Å². The Morgan fingerprint density at radius 3 is 0.846 bits per heavy atom. The largest absolute Gasteiger partial charge is 0.633 e. The predicted octanol–water partition coefficient (Wildman–Crippen LogP) is 9.97. The van der Waals surface area contributed by atoms with Gasteiger partial charge in [-0.25, -0.2) is 0 Å². The molecule has 0 radical (unpaired) electrons. The van der Waals surface area contributed by atoms with E-state index in [4.69, 9.17) is 18.6 Å². The minimum atomic E-state index is -0.516. The molecular formula is C46H28B2O4. The van der Waals surface area contributed by atoms with Crippen molar-refractivity contribution >= 4 is 68.3 Å². The lowest BCUT2D eigenvalue weighted by Crippen LogP contribution is -2.39. The van der Waals surface area contributed by atoms with E-state index in [1.54, 1.807) is 0 Å². The van der Waals surface area contributed by atoms with Crippen molar-refractivity contribution < 1.29 is 18.6 Å². The highest BCUT2D eigenvalue weighted by Crippen LogP contribution is 2.47. The minimum absolute atomic E-state index is 0.516. The van der Waals surface area contributed by atoms with Gasteiger partial charge in [0, 0.05) is 10.9 Å². The van der Waals surface area contributed by atoms with Crippen molar-refractivity contribution in [3.05, 3.63) is 170 Å². The van der Waals surface area contributed by atoms with Crippen molar-refractivity contribution in [2.24, 2.45) is 0 Å². The molecule has 0 unspecified atom stereocenters. The van der Waals surface area contributed by atoms with E-state index in [-0.39, 0.29) is 0 Å². The lowest BCUT2D eigenvalue weighted by Gasteiger charge is -2.21. The summed E-state index contributed by atoms with van der Waals surface area (Å²) in [4.78, 5) is 0. The molecule has 0 fully saturated rings. The fourth-order valence-corrected chi connectivity index (χ4v) is 8.25. The summed E-state index contributed by atoms with van der Waals surface area (Å²) in [6.07, 6.45) is 0.